The molecule has 0 saturated heterocycles. The molecule has 0 bridgehead atoms. The van der Waals surface area contributed by atoms with Gasteiger partial charge < -0.3 is 20.1 Å². The monoisotopic (exact) mass is 496 g/mol. The molecule has 7 heteroatoms. The number of urea groups is 1. The maximum absolute atomic E-state index is 12.8. The van der Waals surface area contributed by atoms with Crippen LogP contribution in [0.5, 0.6) is 11.5 Å². The van der Waals surface area contributed by atoms with E-state index in [9.17, 15) is 4.79 Å². The van der Waals surface area contributed by atoms with Gasteiger partial charge in [-0.3, -0.25) is 4.68 Å². The fourth-order valence-corrected chi connectivity index (χ4v) is 4.61. The molecular formula is C30H32N4O3. The van der Waals surface area contributed by atoms with Gasteiger partial charge >= 0.3 is 6.03 Å². The van der Waals surface area contributed by atoms with Gasteiger partial charge in [0.2, 0.25) is 0 Å². The molecule has 0 radical (unpaired) electrons. The van der Waals surface area contributed by atoms with Gasteiger partial charge in [0.15, 0.2) is 0 Å². The molecule has 1 aliphatic heterocycles. The lowest BCUT2D eigenvalue weighted by molar-refractivity contribution is 0.239. The van der Waals surface area contributed by atoms with Gasteiger partial charge in [-0.1, -0.05) is 60.7 Å². The van der Waals surface area contributed by atoms with E-state index in [1.165, 1.54) is 5.56 Å². The van der Waals surface area contributed by atoms with Crippen molar-refractivity contribution >= 4 is 6.03 Å². The second-order valence-corrected chi connectivity index (χ2v) is 9.22. The Kier molecular flexibility index (Phi) is 7.40. The van der Waals surface area contributed by atoms with E-state index >= 15 is 0 Å². The van der Waals surface area contributed by atoms with E-state index in [-0.39, 0.29) is 12.1 Å². The number of benzene rings is 3. The number of nitrogens with zero attached hydrogens (tertiary/aromatic N) is 2. The smallest absolute Gasteiger partial charge is 0.315 e. The van der Waals surface area contributed by atoms with E-state index in [1.54, 1.807) is 0 Å². The van der Waals surface area contributed by atoms with Crippen molar-refractivity contribution in [2.75, 3.05) is 6.61 Å². The molecule has 3 aromatic carbocycles. The molecule has 4 aromatic rings. The highest BCUT2D eigenvalue weighted by atomic mass is 16.5. The average Bonchev–Trinajstić information content (AvgIpc) is 3.49. The minimum absolute atomic E-state index is 0.151. The van der Waals surface area contributed by atoms with Gasteiger partial charge in [0.25, 0.3) is 0 Å². The second kappa shape index (κ2) is 11.2. The molecule has 0 unspecified atom stereocenters. The Balaban J connectivity index is 1.27. The Morgan fingerprint density at radius 1 is 1.03 bits per heavy atom. The van der Waals surface area contributed by atoms with Crippen LogP contribution in [0.3, 0.4) is 0 Å². The van der Waals surface area contributed by atoms with Crippen molar-refractivity contribution < 1.29 is 14.3 Å². The highest BCUT2D eigenvalue weighted by Gasteiger charge is 2.22. The molecule has 1 aromatic heterocycles. The minimum atomic E-state index is -0.257. The quantitative estimate of drug-likeness (QED) is 0.329. The Morgan fingerprint density at radius 3 is 2.46 bits per heavy atom. The number of hydrogen-bond donors (Lipinski definition) is 2. The van der Waals surface area contributed by atoms with Gasteiger partial charge in [0.1, 0.15) is 17.6 Å². The maximum atomic E-state index is 12.8. The van der Waals surface area contributed by atoms with E-state index < -0.39 is 0 Å². The zero-order chi connectivity index (χ0) is 25.6. The van der Waals surface area contributed by atoms with Gasteiger partial charge in [0.05, 0.1) is 18.8 Å². The summed E-state index contributed by atoms with van der Waals surface area (Å²) in [6.07, 6.45) is 3.02. The molecule has 5 rings (SSSR count). The zero-order valence-corrected chi connectivity index (χ0v) is 21.2. The lowest BCUT2D eigenvalue weighted by atomic mass is 10.1. The van der Waals surface area contributed by atoms with E-state index in [4.69, 9.17) is 14.6 Å². The molecule has 2 amide bonds. The van der Waals surface area contributed by atoms with Crippen LogP contribution in [0, 0.1) is 0 Å². The van der Waals surface area contributed by atoms with Gasteiger partial charge in [-0.05, 0) is 31.5 Å². The fraction of sp³-hybridized carbons (Fsp3) is 0.267. The highest BCUT2D eigenvalue weighted by Crippen LogP contribution is 2.35. The van der Waals surface area contributed by atoms with Crippen LogP contribution < -0.4 is 20.1 Å². The normalized spacial score (nSPS) is 14.1. The molecule has 2 heterocycles. The predicted molar refractivity (Wildman–Crippen MR) is 144 cm³/mol. The van der Waals surface area contributed by atoms with E-state index in [0.717, 1.165) is 45.9 Å². The largest absolute Gasteiger partial charge is 0.494 e. The van der Waals surface area contributed by atoms with Crippen LogP contribution in [0.25, 0.3) is 11.3 Å². The van der Waals surface area contributed by atoms with Crippen LogP contribution in [0.2, 0.25) is 0 Å². The number of ether oxygens (including phenoxy) is 2. The Bertz CT molecular complexity index is 1350. The van der Waals surface area contributed by atoms with E-state index in [0.29, 0.717) is 26.2 Å². The Labute approximate surface area is 217 Å². The molecule has 7 nitrogen and oxygen atoms in total. The standard InChI is InChI=1S/C30H32N4O3/c1-3-36-27-15-24-14-21(2)37-28(24)16-25(27)17-31-30(35)32-18-26-20-34(19-22-10-6-4-7-11-22)33-29(26)23-12-8-5-9-13-23/h4-13,15-16,20-21H,3,14,17-19H2,1-2H3,(H2,31,32,35)/t21-/m0/s1. The third-order valence-corrected chi connectivity index (χ3v) is 6.33. The number of rotatable bonds is 9. The summed E-state index contributed by atoms with van der Waals surface area (Å²) in [7, 11) is 0. The van der Waals surface area contributed by atoms with Crippen LogP contribution in [0.15, 0.2) is 79.0 Å². The first-order chi connectivity index (χ1) is 18.1. The number of carbonyl (C=O) groups is 1. The van der Waals surface area contributed by atoms with Crippen molar-refractivity contribution in [2.24, 2.45) is 0 Å². The summed E-state index contributed by atoms with van der Waals surface area (Å²) in [5.74, 6) is 1.65. The molecular weight excluding hydrogens is 464 g/mol. The van der Waals surface area contributed by atoms with Crippen molar-refractivity contribution in [2.45, 2.75) is 46.0 Å². The average molecular weight is 497 g/mol. The lowest BCUT2D eigenvalue weighted by Crippen LogP contribution is -2.34. The first-order valence-electron chi connectivity index (χ1n) is 12.7. The summed E-state index contributed by atoms with van der Waals surface area (Å²) in [5, 5.41) is 10.8. The topological polar surface area (TPSA) is 77.4 Å². The SMILES string of the molecule is CCOc1cc2c(cc1CNC(=O)NCc1cn(Cc3ccccc3)nc1-c1ccccc1)O[C@@H](C)C2. The Morgan fingerprint density at radius 2 is 1.73 bits per heavy atom. The summed E-state index contributed by atoms with van der Waals surface area (Å²) in [6, 6.07) is 24.0. The van der Waals surface area contributed by atoms with Crippen LogP contribution in [-0.2, 0) is 26.1 Å². The van der Waals surface area contributed by atoms with Crippen LogP contribution in [0.4, 0.5) is 4.79 Å². The van der Waals surface area contributed by atoms with Crippen molar-refractivity contribution in [3.05, 3.63) is 101 Å². The van der Waals surface area contributed by atoms with Gasteiger partial charge in [-0.25, -0.2) is 4.79 Å². The molecule has 0 spiro atoms. The summed E-state index contributed by atoms with van der Waals surface area (Å²) < 4.78 is 13.7. The van der Waals surface area contributed by atoms with Crippen molar-refractivity contribution in [1.29, 1.82) is 0 Å². The highest BCUT2D eigenvalue weighted by molar-refractivity contribution is 5.74. The van der Waals surface area contributed by atoms with Gasteiger partial charge in [0, 0.05) is 48.0 Å². The summed E-state index contributed by atoms with van der Waals surface area (Å²) >= 11 is 0. The molecule has 1 aliphatic rings. The number of aromatic nitrogens is 2. The lowest BCUT2D eigenvalue weighted by Gasteiger charge is -2.14. The van der Waals surface area contributed by atoms with Gasteiger partial charge in [-0.15, -0.1) is 0 Å². The number of nitrogens with one attached hydrogen (secondary N) is 2. The van der Waals surface area contributed by atoms with Gasteiger partial charge in [-0.2, -0.15) is 5.10 Å². The first-order valence-corrected chi connectivity index (χ1v) is 12.7. The molecule has 0 fully saturated rings. The summed E-state index contributed by atoms with van der Waals surface area (Å²) in [6.45, 7) is 5.92. The van der Waals surface area contributed by atoms with Crippen LogP contribution in [0.1, 0.15) is 36.1 Å². The Hall–Kier alpha value is -4.26. The van der Waals surface area contributed by atoms with E-state index in [1.807, 2.05) is 78.5 Å². The number of fused-ring (bicyclic) bond motifs is 1. The second-order valence-electron chi connectivity index (χ2n) is 9.22. The summed E-state index contributed by atoms with van der Waals surface area (Å²) in [4.78, 5) is 12.8. The third kappa shape index (κ3) is 5.94. The fourth-order valence-electron chi connectivity index (χ4n) is 4.61. The third-order valence-electron chi connectivity index (χ3n) is 6.33. The number of carbonyl (C=O) groups excluding carboxylic acids is 1. The van der Waals surface area contributed by atoms with E-state index in [2.05, 4.69) is 29.7 Å². The van der Waals surface area contributed by atoms with Crippen LogP contribution in [-0.4, -0.2) is 28.5 Å². The molecule has 0 aliphatic carbocycles. The predicted octanol–water partition coefficient (Wildman–Crippen LogP) is 5.32. The molecule has 2 N–H and O–H groups in total. The van der Waals surface area contributed by atoms with Crippen molar-refractivity contribution in [3.63, 3.8) is 0 Å². The molecule has 37 heavy (non-hydrogen) atoms. The van der Waals surface area contributed by atoms with Crippen LogP contribution >= 0.6 is 0 Å². The molecule has 190 valence electrons. The summed E-state index contributed by atoms with van der Waals surface area (Å²) in [5.41, 5.74) is 6.03. The zero-order valence-electron chi connectivity index (χ0n) is 21.2. The molecule has 0 saturated carbocycles. The number of amides is 2. The number of hydrogen-bond acceptors (Lipinski definition) is 4. The minimum Gasteiger partial charge on any atom is -0.494 e. The van der Waals surface area contributed by atoms with Crippen molar-refractivity contribution in [1.82, 2.24) is 20.4 Å². The first kappa shape index (κ1) is 24.4. The molecule has 1 atom stereocenters. The maximum Gasteiger partial charge on any atom is 0.315 e. The van der Waals surface area contributed by atoms with Crippen molar-refractivity contribution in [3.8, 4) is 22.8 Å².